The molecular weight excluding hydrogens is 265 g/mol. The first-order chi connectivity index (χ1) is 7.59. The van der Waals surface area contributed by atoms with Gasteiger partial charge in [-0.05, 0) is 30.9 Å². The van der Waals surface area contributed by atoms with Gasteiger partial charge in [0.15, 0.2) is 0 Å². The van der Waals surface area contributed by atoms with Crippen molar-refractivity contribution in [2.24, 2.45) is 11.7 Å². The zero-order chi connectivity index (χ0) is 11.7. The SMILES string of the molecule is NC(CS(=O)c1c(Cl)cccc1Cl)C1CC1. The van der Waals surface area contributed by atoms with Gasteiger partial charge in [0.2, 0.25) is 0 Å². The van der Waals surface area contributed by atoms with Crippen LogP contribution in [-0.4, -0.2) is 16.0 Å². The minimum atomic E-state index is -1.21. The molecule has 16 heavy (non-hydrogen) atoms. The third-order valence-corrected chi connectivity index (χ3v) is 5.15. The molecule has 0 spiro atoms. The van der Waals surface area contributed by atoms with Gasteiger partial charge in [-0.25, -0.2) is 0 Å². The van der Waals surface area contributed by atoms with Crippen LogP contribution in [0.15, 0.2) is 23.1 Å². The van der Waals surface area contributed by atoms with Crippen molar-refractivity contribution >= 4 is 34.0 Å². The van der Waals surface area contributed by atoms with Crippen LogP contribution in [0, 0.1) is 5.92 Å². The zero-order valence-electron chi connectivity index (χ0n) is 8.66. The van der Waals surface area contributed by atoms with Crippen molar-refractivity contribution in [2.45, 2.75) is 23.8 Å². The van der Waals surface area contributed by atoms with Gasteiger partial charge in [0, 0.05) is 11.8 Å². The zero-order valence-corrected chi connectivity index (χ0v) is 11.0. The molecule has 0 aromatic heterocycles. The Balaban J connectivity index is 2.13. The molecule has 2 atom stereocenters. The Bertz CT molecular complexity index is 400. The van der Waals surface area contributed by atoms with E-state index in [1.807, 2.05) is 0 Å². The van der Waals surface area contributed by atoms with Crippen molar-refractivity contribution in [1.29, 1.82) is 0 Å². The smallest absolute Gasteiger partial charge is 0.0760 e. The fraction of sp³-hybridized carbons (Fsp3) is 0.455. The summed E-state index contributed by atoms with van der Waals surface area (Å²) in [7, 11) is -1.21. The second-order valence-corrected chi connectivity index (χ2v) is 6.31. The van der Waals surface area contributed by atoms with Gasteiger partial charge in [-0.3, -0.25) is 4.21 Å². The van der Waals surface area contributed by atoms with E-state index in [-0.39, 0.29) is 6.04 Å². The molecule has 0 amide bonds. The molecule has 2 N–H and O–H groups in total. The lowest BCUT2D eigenvalue weighted by atomic mass is 10.2. The topological polar surface area (TPSA) is 43.1 Å². The van der Waals surface area contributed by atoms with E-state index in [0.717, 1.165) is 12.8 Å². The standard InChI is InChI=1S/C11H13Cl2NOS/c12-8-2-1-3-9(13)11(8)16(15)6-10(14)7-4-5-7/h1-3,7,10H,4-6,14H2. The minimum Gasteiger partial charge on any atom is -0.327 e. The number of benzene rings is 1. The molecule has 5 heteroatoms. The Kier molecular flexibility index (Phi) is 3.90. The summed E-state index contributed by atoms with van der Waals surface area (Å²) in [5, 5.41) is 0.905. The number of hydrogen-bond donors (Lipinski definition) is 1. The van der Waals surface area contributed by atoms with Crippen LogP contribution in [0.1, 0.15) is 12.8 Å². The van der Waals surface area contributed by atoms with Gasteiger partial charge in [0.25, 0.3) is 0 Å². The lowest BCUT2D eigenvalue weighted by Crippen LogP contribution is -2.29. The predicted molar refractivity (Wildman–Crippen MR) is 68.4 cm³/mol. The molecule has 1 aromatic rings. The average Bonchev–Trinajstić information content (AvgIpc) is 2.99. The van der Waals surface area contributed by atoms with Crippen molar-refractivity contribution in [3.8, 4) is 0 Å². The van der Waals surface area contributed by atoms with Crippen molar-refractivity contribution in [3.05, 3.63) is 28.2 Å². The molecular formula is C11H13Cl2NOS. The molecule has 0 heterocycles. The average molecular weight is 278 g/mol. The highest BCUT2D eigenvalue weighted by atomic mass is 35.5. The number of halogens is 2. The molecule has 2 rings (SSSR count). The Morgan fingerprint density at radius 1 is 1.38 bits per heavy atom. The van der Waals surface area contributed by atoms with Gasteiger partial charge in [-0.15, -0.1) is 0 Å². The second kappa shape index (κ2) is 5.05. The van der Waals surface area contributed by atoms with E-state index >= 15 is 0 Å². The lowest BCUT2D eigenvalue weighted by molar-refractivity contribution is 0.634. The van der Waals surface area contributed by atoms with Crippen molar-refractivity contribution in [1.82, 2.24) is 0 Å². The predicted octanol–water partition coefficient (Wildman–Crippen LogP) is 2.84. The Labute approximate surface area is 108 Å². The third-order valence-electron chi connectivity index (χ3n) is 2.72. The highest BCUT2D eigenvalue weighted by Gasteiger charge is 2.30. The molecule has 1 aliphatic rings. The molecule has 1 aliphatic carbocycles. The highest BCUT2D eigenvalue weighted by Crippen LogP contribution is 2.34. The molecule has 0 bridgehead atoms. The van der Waals surface area contributed by atoms with E-state index in [0.29, 0.717) is 26.6 Å². The van der Waals surface area contributed by atoms with E-state index < -0.39 is 10.8 Å². The van der Waals surface area contributed by atoms with Crippen LogP contribution in [0.4, 0.5) is 0 Å². The Hall–Kier alpha value is -0.0900. The molecule has 2 nitrogen and oxygen atoms in total. The highest BCUT2D eigenvalue weighted by molar-refractivity contribution is 7.85. The van der Waals surface area contributed by atoms with Crippen LogP contribution in [0.3, 0.4) is 0 Å². The molecule has 1 saturated carbocycles. The maximum absolute atomic E-state index is 12.1. The van der Waals surface area contributed by atoms with Gasteiger partial charge in [0.1, 0.15) is 0 Å². The second-order valence-electron chi connectivity index (χ2n) is 4.06. The number of nitrogens with two attached hydrogens (primary N) is 1. The quantitative estimate of drug-likeness (QED) is 0.920. The van der Waals surface area contributed by atoms with Crippen LogP contribution in [0.2, 0.25) is 10.0 Å². The molecule has 0 saturated heterocycles. The van der Waals surface area contributed by atoms with Gasteiger partial charge in [-0.1, -0.05) is 29.3 Å². The fourth-order valence-corrected chi connectivity index (χ4v) is 3.89. The fourth-order valence-electron chi connectivity index (χ4n) is 1.62. The maximum atomic E-state index is 12.1. The first kappa shape index (κ1) is 12.4. The van der Waals surface area contributed by atoms with Crippen molar-refractivity contribution < 1.29 is 4.21 Å². The normalized spacial score (nSPS) is 19.4. The van der Waals surface area contributed by atoms with Crippen molar-refractivity contribution in [2.75, 3.05) is 5.75 Å². The first-order valence-electron chi connectivity index (χ1n) is 5.17. The van der Waals surface area contributed by atoms with E-state index in [2.05, 4.69) is 0 Å². The van der Waals surface area contributed by atoms with Crippen LogP contribution in [0.5, 0.6) is 0 Å². The lowest BCUT2D eigenvalue weighted by Gasteiger charge is -2.11. The number of rotatable bonds is 4. The Morgan fingerprint density at radius 2 is 1.94 bits per heavy atom. The molecule has 0 radical (unpaired) electrons. The van der Waals surface area contributed by atoms with Gasteiger partial charge in [-0.2, -0.15) is 0 Å². The summed E-state index contributed by atoms with van der Waals surface area (Å²) in [6, 6.07) is 5.13. The van der Waals surface area contributed by atoms with E-state index in [4.69, 9.17) is 28.9 Å². The monoisotopic (exact) mass is 277 g/mol. The number of hydrogen-bond acceptors (Lipinski definition) is 2. The minimum absolute atomic E-state index is 0.00632. The molecule has 1 fully saturated rings. The molecule has 1 aromatic carbocycles. The summed E-state index contributed by atoms with van der Waals surface area (Å²) in [4.78, 5) is 0.516. The molecule has 88 valence electrons. The summed E-state index contributed by atoms with van der Waals surface area (Å²) in [5.74, 6) is 0.971. The Morgan fingerprint density at radius 3 is 2.44 bits per heavy atom. The van der Waals surface area contributed by atoms with E-state index in [9.17, 15) is 4.21 Å². The van der Waals surface area contributed by atoms with Crippen LogP contribution >= 0.6 is 23.2 Å². The van der Waals surface area contributed by atoms with Crippen LogP contribution < -0.4 is 5.73 Å². The van der Waals surface area contributed by atoms with Gasteiger partial charge >= 0.3 is 0 Å². The van der Waals surface area contributed by atoms with E-state index in [1.54, 1.807) is 18.2 Å². The van der Waals surface area contributed by atoms with Gasteiger partial charge in [0.05, 0.1) is 25.7 Å². The van der Waals surface area contributed by atoms with Crippen molar-refractivity contribution in [3.63, 3.8) is 0 Å². The summed E-state index contributed by atoms with van der Waals surface area (Å²) < 4.78 is 12.1. The molecule has 0 aliphatic heterocycles. The summed E-state index contributed by atoms with van der Waals surface area (Å²) >= 11 is 12.0. The maximum Gasteiger partial charge on any atom is 0.0760 e. The van der Waals surface area contributed by atoms with E-state index in [1.165, 1.54) is 0 Å². The van der Waals surface area contributed by atoms with Crippen LogP contribution in [-0.2, 0) is 10.8 Å². The molecule has 2 unspecified atom stereocenters. The van der Waals surface area contributed by atoms with Gasteiger partial charge < -0.3 is 5.73 Å². The summed E-state index contributed by atoms with van der Waals surface area (Å²) in [6.07, 6.45) is 2.29. The third kappa shape index (κ3) is 2.77. The largest absolute Gasteiger partial charge is 0.327 e. The van der Waals surface area contributed by atoms with Crippen LogP contribution in [0.25, 0.3) is 0 Å². The summed E-state index contributed by atoms with van der Waals surface area (Å²) in [6.45, 7) is 0. The first-order valence-corrected chi connectivity index (χ1v) is 7.25. The summed E-state index contributed by atoms with van der Waals surface area (Å²) in [5.41, 5.74) is 5.94.